The number of para-hydroxylation sites is 1. The fourth-order valence-corrected chi connectivity index (χ4v) is 4.66. The van der Waals surface area contributed by atoms with Gasteiger partial charge in [0, 0.05) is 19.5 Å². The average molecular weight is 310 g/mol. The molecule has 7 heteroatoms. The Kier molecular flexibility index (Phi) is 3.62. The monoisotopic (exact) mass is 310 g/mol. The predicted octanol–water partition coefficient (Wildman–Crippen LogP) is 0.954. The summed E-state index contributed by atoms with van der Waals surface area (Å²) in [6.07, 6.45) is 2.12. The lowest BCUT2D eigenvalue weighted by Crippen LogP contribution is -2.45. The van der Waals surface area contributed by atoms with Crippen molar-refractivity contribution in [2.75, 3.05) is 18.0 Å². The van der Waals surface area contributed by atoms with Gasteiger partial charge in [-0.3, -0.25) is 10.0 Å². The van der Waals surface area contributed by atoms with Crippen LogP contribution in [0.4, 0.5) is 5.69 Å². The highest BCUT2D eigenvalue weighted by atomic mass is 32.2. The van der Waals surface area contributed by atoms with E-state index in [1.807, 2.05) is 12.1 Å². The Morgan fingerprint density at radius 3 is 2.71 bits per heavy atom. The number of carbonyl (C=O) groups excluding carboxylic acids is 1. The van der Waals surface area contributed by atoms with Crippen LogP contribution in [0.25, 0.3) is 0 Å². The minimum absolute atomic E-state index is 0.228. The summed E-state index contributed by atoms with van der Waals surface area (Å²) in [5.41, 5.74) is 2.25. The van der Waals surface area contributed by atoms with Crippen molar-refractivity contribution in [3.05, 3.63) is 24.3 Å². The summed E-state index contributed by atoms with van der Waals surface area (Å²) < 4.78 is 25.2. The Morgan fingerprint density at radius 1 is 1.33 bits per heavy atom. The minimum Gasteiger partial charge on any atom is -0.369 e. The number of anilines is 1. The Balaban J connectivity index is 1.96. The molecule has 1 aromatic carbocycles. The molecular weight excluding hydrogens is 292 g/mol. The number of sulfone groups is 1. The predicted molar refractivity (Wildman–Crippen MR) is 76.9 cm³/mol. The van der Waals surface area contributed by atoms with Gasteiger partial charge in [0.15, 0.2) is 9.84 Å². The molecule has 1 amide bonds. The van der Waals surface area contributed by atoms with Gasteiger partial charge in [-0.25, -0.2) is 13.9 Å². The zero-order chi connectivity index (χ0) is 15.0. The molecule has 1 fully saturated rings. The van der Waals surface area contributed by atoms with Gasteiger partial charge in [0.2, 0.25) is 5.91 Å². The molecule has 6 nitrogen and oxygen atoms in total. The van der Waals surface area contributed by atoms with Crippen molar-refractivity contribution in [3.8, 4) is 0 Å². The van der Waals surface area contributed by atoms with E-state index in [9.17, 15) is 13.2 Å². The van der Waals surface area contributed by atoms with Gasteiger partial charge in [-0.05, 0) is 30.9 Å². The molecule has 1 saturated carbocycles. The average Bonchev–Trinajstić information content (AvgIpc) is 3.28. The number of nitrogens with zero attached hydrogens (tertiary/aromatic N) is 1. The van der Waals surface area contributed by atoms with Crippen LogP contribution < -0.4 is 10.4 Å². The summed E-state index contributed by atoms with van der Waals surface area (Å²) in [5, 5.41) is 7.82. The van der Waals surface area contributed by atoms with Gasteiger partial charge in [0.25, 0.3) is 0 Å². The first-order valence-electron chi connectivity index (χ1n) is 7.03. The number of rotatable bonds is 4. The lowest BCUT2D eigenvalue weighted by molar-refractivity contribution is -0.129. The number of hydrogen-bond acceptors (Lipinski definition) is 5. The highest BCUT2D eigenvalue weighted by Gasteiger charge is 2.39. The summed E-state index contributed by atoms with van der Waals surface area (Å²) in [5.74, 6) is -0.0551. The van der Waals surface area contributed by atoms with E-state index in [1.54, 1.807) is 12.1 Å². The van der Waals surface area contributed by atoms with E-state index in [0.29, 0.717) is 12.5 Å². The number of hydrogen-bond donors (Lipinski definition) is 2. The molecule has 21 heavy (non-hydrogen) atoms. The van der Waals surface area contributed by atoms with E-state index in [4.69, 9.17) is 5.21 Å². The van der Waals surface area contributed by atoms with Crippen LogP contribution in [-0.4, -0.2) is 37.9 Å². The first-order chi connectivity index (χ1) is 10.0. The standard InChI is InChI=1S/C14H18N2O4S/c17-14(15-18)7-11-9-16(8-10-5-6-10)12-3-1-2-4-13(12)21(11,19)20/h1-4,10-11,18H,5-9H2,(H,15,17). The molecule has 114 valence electrons. The lowest BCUT2D eigenvalue weighted by Gasteiger charge is -2.35. The molecule has 0 radical (unpaired) electrons. The maximum absolute atomic E-state index is 12.6. The summed E-state index contributed by atoms with van der Waals surface area (Å²) in [6, 6.07) is 6.93. The van der Waals surface area contributed by atoms with E-state index in [0.717, 1.165) is 12.2 Å². The Hall–Kier alpha value is -1.60. The summed E-state index contributed by atoms with van der Waals surface area (Å²) in [4.78, 5) is 13.7. The maximum atomic E-state index is 12.6. The van der Waals surface area contributed by atoms with Crippen LogP contribution in [-0.2, 0) is 14.6 Å². The second-order valence-electron chi connectivity index (χ2n) is 5.72. The van der Waals surface area contributed by atoms with Crippen LogP contribution in [0.5, 0.6) is 0 Å². The molecule has 2 N–H and O–H groups in total. The number of carbonyl (C=O) groups is 1. The molecule has 1 heterocycles. The quantitative estimate of drug-likeness (QED) is 0.639. The highest BCUT2D eigenvalue weighted by Crippen LogP contribution is 2.38. The molecule has 0 bridgehead atoms. The van der Waals surface area contributed by atoms with Gasteiger partial charge in [-0.1, -0.05) is 12.1 Å². The van der Waals surface area contributed by atoms with Gasteiger partial charge in [0.1, 0.15) is 0 Å². The second-order valence-corrected chi connectivity index (χ2v) is 7.92. The normalized spacial score (nSPS) is 23.5. The van der Waals surface area contributed by atoms with E-state index < -0.39 is 21.0 Å². The summed E-state index contributed by atoms with van der Waals surface area (Å²) >= 11 is 0. The number of fused-ring (bicyclic) bond motifs is 1. The molecule has 0 spiro atoms. The largest absolute Gasteiger partial charge is 0.369 e. The van der Waals surface area contributed by atoms with Gasteiger partial charge in [-0.15, -0.1) is 0 Å². The molecule has 1 unspecified atom stereocenters. The zero-order valence-electron chi connectivity index (χ0n) is 11.5. The molecule has 1 atom stereocenters. The van der Waals surface area contributed by atoms with Gasteiger partial charge in [-0.2, -0.15) is 0 Å². The number of nitrogens with one attached hydrogen (secondary N) is 1. The van der Waals surface area contributed by atoms with Crippen molar-refractivity contribution in [1.29, 1.82) is 0 Å². The van der Waals surface area contributed by atoms with E-state index in [-0.39, 0.29) is 11.3 Å². The first-order valence-corrected chi connectivity index (χ1v) is 8.58. The van der Waals surface area contributed by atoms with Gasteiger partial charge in [0.05, 0.1) is 15.8 Å². The molecular formula is C14H18N2O4S. The van der Waals surface area contributed by atoms with Crippen LogP contribution in [0, 0.1) is 5.92 Å². The molecule has 2 aliphatic rings. The molecule has 1 aromatic rings. The fraction of sp³-hybridized carbons (Fsp3) is 0.500. The summed E-state index contributed by atoms with van der Waals surface area (Å²) in [7, 11) is -3.55. The van der Waals surface area contributed by atoms with E-state index in [1.165, 1.54) is 18.3 Å². The zero-order valence-corrected chi connectivity index (χ0v) is 12.3. The Morgan fingerprint density at radius 2 is 2.05 bits per heavy atom. The second kappa shape index (κ2) is 5.31. The van der Waals surface area contributed by atoms with Crippen LogP contribution in [0.15, 0.2) is 29.2 Å². The molecule has 3 rings (SSSR count). The lowest BCUT2D eigenvalue weighted by atomic mass is 10.2. The van der Waals surface area contributed by atoms with Crippen LogP contribution in [0.1, 0.15) is 19.3 Å². The molecule has 0 saturated heterocycles. The molecule has 1 aliphatic carbocycles. The van der Waals surface area contributed by atoms with E-state index in [2.05, 4.69) is 4.90 Å². The van der Waals surface area contributed by atoms with Crippen LogP contribution >= 0.6 is 0 Å². The molecule has 1 aliphatic heterocycles. The third-order valence-corrected chi connectivity index (χ3v) is 6.24. The Bertz CT molecular complexity index is 655. The van der Waals surface area contributed by atoms with Gasteiger partial charge >= 0.3 is 0 Å². The van der Waals surface area contributed by atoms with Crippen molar-refractivity contribution < 1.29 is 18.4 Å². The summed E-state index contributed by atoms with van der Waals surface area (Å²) in [6.45, 7) is 1.12. The van der Waals surface area contributed by atoms with E-state index >= 15 is 0 Å². The first kappa shape index (κ1) is 14.3. The highest BCUT2D eigenvalue weighted by molar-refractivity contribution is 7.92. The van der Waals surface area contributed by atoms with Gasteiger partial charge < -0.3 is 4.90 Å². The van der Waals surface area contributed by atoms with Crippen LogP contribution in [0.2, 0.25) is 0 Å². The molecule has 0 aromatic heterocycles. The van der Waals surface area contributed by atoms with Crippen molar-refractivity contribution in [1.82, 2.24) is 5.48 Å². The van der Waals surface area contributed by atoms with Crippen molar-refractivity contribution >= 4 is 21.4 Å². The smallest absolute Gasteiger partial charge is 0.244 e. The van der Waals surface area contributed by atoms with Crippen LogP contribution in [0.3, 0.4) is 0 Å². The minimum atomic E-state index is -3.55. The third-order valence-electron chi connectivity index (χ3n) is 4.09. The SMILES string of the molecule is O=C(CC1CN(CC2CC2)c2ccccc2S1(=O)=O)NO. The number of amides is 1. The number of benzene rings is 1. The van der Waals surface area contributed by atoms with Crippen molar-refractivity contribution in [3.63, 3.8) is 0 Å². The Labute approximate surface area is 123 Å². The number of hydroxylamine groups is 1. The topological polar surface area (TPSA) is 86.7 Å². The third kappa shape index (κ3) is 2.75. The maximum Gasteiger partial charge on any atom is 0.244 e. The van der Waals surface area contributed by atoms with Crippen molar-refractivity contribution in [2.24, 2.45) is 5.92 Å². The fourth-order valence-electron chi connectivity index (χ4n) is 2.79. The van der Waals surface area contributed by atoms with Crippen molar-refractivity contribution in [2.45, 2.75) is 29.4 Å².